The SMILES string of the molecule is Cc1nn(-c2ccccc2)c(C)c1C(=O)O[C@H](C)C(=O)NC1CCCCC1. The highest BCUT2D eigenvalue weighted by Gasteiger charge is 2.26. The lowest BCUT2D eigenvalue weighted by Gasteiger charge is -2.24. The summed E-state index contributed by atoms with van der Waals surface area (Å²) in [6.45, 7) is 5.22. The molecule has 0 spiro atoms. The van der Waals surface area contributed by atoms with Gasteiger partial charge in [0.25, 0.3) is 5.91 Å². The molecule has 0 saturated heterocycles. The first-order valence-electron chi connectivity index (χ1n) is 9.60. The van der Waals surface area contributed by atoms with Gasteiger partial charge in [0.2, 0.25) is 0 Å². The van der Waals surface area contributed by atoms with Gasteiger partial charge in [0.15, 0.2) is 6.10 Å². The van der Waals surface area contributed by atoms with Gasteiger partial charge in [-0.3, -0.25) is 4.79 Å². The Morgan fingerprint density at radius 2 is 1.81 bits per heavy atom. The number of carbonyl (C=O) groups is 2. The predicted molar refractivity (Wildman–Crippen MR) is 103 cm³/mol. The fourth-order valence-corrected chi connectivity index (χ4v) is 3.60. The van der Waals surface area contributed by atoms with Gasteiger partial charge in [-0.2, -0.15) is 5.10 Å². The lowest BCUT2D eigenvalue weighted by Crippen LogP contribution is -2.42. The Kier molecular flexibility index (Phi) is 5.94. The van der Waals surface area contributed by atoms with E-state index < -0.39 is 12.1 Å². The van der Waals surface area contributed by atoms with E-state index in [-0.39, 0.29) is 11.9 Å². The fraction of sp³-hybridized carbons (Fsp3) is 0.476. The van der Waals surface area contributed by atoms with E-state index in [4.69, 9.17) is 4.74 Å². The van der Waals surface area contributed by atoms with Gasteiger partial charge >= 0.3 is 5.97 Å². The third-order valence-electron chi connectivity index (χ3n) is 5.10. The molecule has 1 aliphatic carbocycles. The summed E-state index contributed by atoms with van der Waals surface area (Å²) in [6.07, 6.45) is 4.65. The lowest BCUT2D eigenvalue weighted by atomic mass is 9.95. The minimum atomic E-state index is -0.835. The van der Waals surface area contributed by atoms with Gasteiger partial charge in [-0.25, -0.2) is 9.48 Å². The molecule has 1 N–H and O–H groups in total. The first-order chi connectivity index (χ1) is 13.0. The first kappa shape index (κ1) is 19.1. The number of aromatic nitrogens is 2. The highest BCUT2D eigenvalue weighted by molar-refractivity contribution is 5.94. The number of amides is 1. The molecule has 1 aliphatic rings. The average molecular weight is 369 g/mol. The molecule has 6 heteroatoms. The monoisotopic (exact) mass is 369 g/mol. The van der Waals surface area contributed by atoms with Crippen molar-refractivity contribution >= 4 is 11.9 Å². The van der Waals surface area contributed by atoms with Crippen molar-refractivity contribution in [3.63, 3.8) is 0 Å². The smallest absolute Gasteiger partial charge is 0.342 e. The van der Waals surface area contributed by atoms with Crippen molar-refractivity contribution in [2.45, 2.75) is 65.0 Å². The van der Waals surface area contributed by atoms with Crippen molar-refractivity contribution in [2.24, 2.45) is 0 Å². The molecule has 3 rings (SSSR count). The summed E-state index contributed by atoms with van der Waals surface area (Å²) in [5.74, 6) is -0.750. The fourth-order valence-electron chi connectivity index (χ4n) is 3.60. The van der Waals surface area contributed by atoms with E-state index >= 15 is 0 Å². The number of hydrogen-bond donors (Lipinski definition) is 1. The highest BCUT2D eigenvalue weighted by Crippen LogP contribution is 2.20. The third kappa shape index (κ3) is 4.38. The molecule has 0 aliphatic heterocycles. The molecule has 144 valence electrons. The lowest BCUT2D eigenvalue weighted by molar-refractivity contribution is -0.130. The van der Waals surface area contributed by atoms with Crippen LogP contribution in [0.4, 0.5) is 0 Å². The summed E-state index contributed by atoms with van der Waals surface area (Å²) < 4.78 is 7.17. The molecule has 1 heterocycles. The topological polar surface area (TPSA) is 73.2 Å². The Hall–Kier alpha value is -2.63. The summed E-state index contributed by atoms with van der Waals surface area (Å²) in [5, 5.41) is 7.46. The van der Waals surface area contributed by atoms with Crippen LogP contribution in [0.3, 0.4) is 0 Å². The predicted octanol–water partition coefficient (Wildman–Crippen LogP) is 3.48. The van der Waals surface area contributed by atoms with Crippen LogP contribution in [0.15, 0.2) is 30.3 Å². The summed E-state index contributed by atoms with van der Waals surface area (Å²) in [6, 6.07) is 9.81. The number of aryl methyl sites for hydroxylation is 1. The Balaban J connectivity index is 1.68. The summed E-state index contributed by atoms with van der Waals surface area (Å²) in [7, 11) is 0. The van der Waals surface area contributed by atoms with E-state index in [0.717, 1.165) is 31.4 Å². The van der Waals surface area contributed by atoms with E-state index in [1.54, 1.807) is 18.5 Å². The third-order valence-corrected chi connectivity index (χ3v) is 5.10. The first-order valence-corrected chi connectivity index (χ1v) is 9.60. The van der Waals surface area contributed by atoms with Crippen molar-refractivity contribution in [3.8, 4) is 5.69 Å². The van der Waals surface area contributed by atoms with Crippen LogP contribution in [0.25, 0.3) is 5.69 Å². The van der Waals surface area contributed by atoms with Crippen molar-refractivity contribution in [2.75, 3.05) is 0 Å². The van der Waals surface area contributed by atoms with E-state index in [0.29, 0.717) is 17.0 Å². The molecule has 0 bridgehead atoms. The number of hydrogen-bond acceptors (Lipinski definition) is 4. The normalized spacial score (nSPS) is 16.0. The minimum absolute atomic E-state index is 0.191. The molecule has 1 aromatic heterocycles. The second-order valence-corrected chi connectivity index (χ2v) is 7.18. The molecule has 1 saturated carbocycles. The van der Waals surface area contributed by atoms with Crippen LogP contribution in [0, 0.1) is 13.8 Å². The quantitative estimate of drug-likeness (QED) is 0.819. The summed E-state index contributed by atoms with van der Waals surface area (Å²) in [5.41, 5.74) is 2.57. The molecular weight excluding hydrogens is 342 g/mol. The number of rotatable bonds is 5. The van der Waals surface area contributed by atoms with E-state index in [9.17, 15) is 9.59 Å². The number of para-hydroxylation sites is 1. The number of ether oxygens (including phenoxy) is 1. The number of nitrogens with zero attached hydrogens (tertiary/aromatic N) is 2. The molecule has 1 fully saturated rings. The van der Waals surface area contributed by atoms with Crippen LogP contribution in [0.2, 0.25) is 0 Å². The molecule has 0 unspecified atom stereocenters. The van der Waals surface area contributed by atoms with Gasteiger partial charge in [0.05, 0.1) is 17.1 Å². The zero-order valence-electron chi connectivity index (χ0n) is 16.2. The van der Waals surface area contributed by atoms with Crippen molar-refractivity contribution in [1.82, 2.24) is 15.1 Å². The molecule has 0 radical (unpaired) electrons. The van der Waals surface area contributed by atoms with Crippen LogP contribution >= 0.6 is 0 Å². The van der Waals surface area contributed by atoms with E-state index in [2.05, 4.69) is 10.4 Å². The standard InChI is InChI=1S/C21H27N3O3/c1-14-19(15(2)24(23-14)18-12-8-5-9-13-18)21(26)27-16(3)20(25)22-17-10-6-4-7-11-17/h5,8-9,12-13,16-17H,4,6-7,10-11H2,1-3H3,(H,22,25)/t16-/m1/s1. The van der Waals surface area contributed by atoms with Crippen molar-refractivity contribution < 1.29 is 14.3 Å². The number of carbonyl (C=O) groups excluding carboxylic acids is 2. The zero-order chi connectivity index (χ0) is 19.4. The van der Waals surface area contributed by atoms with Crippen LogP contribution < -0.4 is 5.32 Å². The number of benzene rings is 1. The van der Waals surface area contributed by atoms with Crippen LogP contribution in [0.5, 0.6) is 0 Å². The van der Waals surface area contributed by atoms with Gasteiger partial charge in [0, 0.05) is 6.04 Å². The number of nitrogens with one attached hydrogen (secondary N) is 1. The molecule has 1 amide bonds. The largest absolute Gasteiger partial charge is 0.449 e. The molecule has 6 nitrogen and oxygen atoms in total. The Bertz CT molecular complexity index is 808. The van der Waals surface area contributed by atoms with Crippen LogP contribution in [0.1, 0.15) is 60.8 Å². The Morgan fingerprint density at radius 1 is 1.15 bits per heavy atom. The number of esters is 1. The van der Waals surface area contributed by atoms with Crippen LogP contribution in [-0.4, -0.2) is 33.8 Å². The molecule has 1 aromatic carbocycles. The zero-order valence-corrected chi connectivity index (χ0v) is 16.2. The summed E-state index contributed by atoms with van der Waals surface area (Å²) >= 11 is 0. The van der Waals surface area contributed by atoms with Gasteiger partial charge < -0.3 is 10.1 Å². The summed E-state index contributed by atoms with van der Waals surface area (Å²) in [4.78, 5) is 25.0. The second kappa shape index (κ2) is 8.37. The van der Waals surface area contributed by atoms with E-state index in [1.165, 1.54) is 6.42 Å². The molecular formula is C21H27N3O3. The van der Waals surface area contributed by atoms with Crippen LogP contribution in [-0.2, 0) is 9.53 Å². The molecule has 2 aromatic rings. The Morgan fingerprint density at radius 3 is 2.48 bits per heavy atom. The second-order valence-electron chi connectivity index (χ2n) is 7.18. The maximum Gasteiger partial charge on any atom is 0.342 e. The maximum atomic E-state index is 12.7. The van der Waals surface area contributed by atoms with Gasteiger partial charge in [-0.05, 0) is 45.7 Å². The maximum absolute atomic E-state index is 12.7. The Labute approximate surface area is 159 Å². The minimum Gasteiger partial charge on any atom is -0.449 e. The highest BCUT2D eigenvalue weighted by atomic mass is 16.5. The molecule has 1 atom stereocenters. The average Bonchev–Trinajstić information content (AvgIpc) is 2.97. The van der Waals surface area contributed by atoms with Crippen molar-refractivity contribution in [3.05, 3.63) is 47.3 Å². The van der Waals surface area contributed by atoms with Crippen molar-refractivity contribution in [1.29, 1.82) is 0 Å². The molecule has 27 heavy (non-hydrogen) atoms. The van der Waals surface area contributed by atoms with Gasteiger partial charge in [0.1, 0.15) is 5.56 Å². The van der Waals surface area contributed by atoms with Gasteiger partial charge in [-0.1, -0.05) is 37.5 Å². The van der Waals surface area contributed by atoms with E-state index in [1.807, 2.05) is 37.3 Å². The van der Waals surface area contributed by atoms with Gasteiger partial charge in [-0.15, -0.1) is 0 Å².